The molecule has 3 N–H and O–H groups in total. The summed E-state index contributed by atoms with van der Waals surface area (Å²) in [6.45, 7) is 0.850. The summed E-state index contributed by atoms with van der Waals surface area (Å²) < 4.78 is 30.5. The molecule has 0 aromatic carbocycles. The minimum Gasteiger partial charge on any atom is -0.379 e. The van der Waals surface area contributed by atoms with Crippen LogP contribution in [0.25, 0.3) is 0 Å². The van der Waals surface area contributed by atoms with Gasteiger partial charge in [0.25, 0.3) is 0 Å². The summed E-state index contributed by atoms with van der Waals surface area (Å²) in [6.07, 6.45) is 1.55. The second-order valence-corrected chi connectivity index (χ2v) is 7.14. The third-order valence-corrected chi connectivity index (χ3v) is 5.15. The van der Waals surface area contributed by atoms with Crippen LogP contribution in [0.4, 0.5) is 11.8 Å². The van der Waals surface area contributed by atoms with Crippen LogP contribution < -0.4 is 11.1 Å². The van der Waals surface area contributed by atoms with Gasteiger partial charge < -0.3 is 15.8 Å². The Bertz CT molecular complexity index is 563. The molecule has 1 aliphatic rings. The van der Waals surface area contributed by atoms with E-state index >= 15 is 0 Å². The summed E-state index contributed by atoms with van der Waals surface area (Å²) in [6, 6.07) is 1.57. The molecular weight excluding hydrogens is 282 g/mol. The molecule has 2 heterocycles. The van der Waals surface area contributed by atoms with Crippen molar-refractivity contribution in [3.05, 3.63) is 12.3 Å². The standard InChI is InChI=1S/C11H19N5O3S/c1-16(2)20(17,18)7-8-5-19-6-9(8)14-10-3-4-13-11(12)15-10/h3-4,8-9H,5-7H2,1-2H3,(H3,12,13,14,15)/t8-,9+/m0/s1. The monoisotopic (exact) mass is 301 g/mol. The Morgan fingerprint density at radius 1 is 1.50 bits per heavy atom. The van der Waals surface area contributed by atoms with Crippen molar-refractivity contribution in [2.24, 2.45) is 5.92 Å². The Hall–Kier alpha value is -1.45. The largest absolute Gasteiger partial charge is 0.379 e. The van der Waals surface area contributed by atoms with E-state index in [1.165, 1.54) is 18.4 Å². The van der Waals surface area contributed by atoms with Gasteiger partial charge in [0, 0.05) is 26.2 Å². The summed E-state index contributed by atoms with van der Waals surface area (Å²) in [7, 11) is -0.206. The molecule has 9 heteroatoms. The van der Waals surface area contributed by atoms with Crippen LogP contribution in [-0.2, 0) is 14.8 Å². The van der Waals surface area contributed by atoms with Gasteiger partial charge in [0.2, 0.25) is 16.0 Å². The highest BCUT2D eigenvalue weighted by Crippen LogP contribution is 2.20. The van der Waals surface area contributed by atoms with E-state index < -0.39 is 10.0 Å². The van der Waals surface area contributed by atoms with Crippen molar-refractivity contribution >= 4 is 21.8 Å². The third-order valence-electron chi connectivity index (χ3n) is 3.19. The van der Waals surface area contributed by atoms with Gasteiger partial charge >= 0.3 is 0 Å². The molecule has 1 aliphatic heterocycles. The van der Waals surface area contributed by atoms with E-state index in [1.807, 2.05) is 0 Å². The van der Waals surface area contributed by atoms with Gasteiger partial charge in [0.15, 0.2) is 0 Å². The molecule has 112 valence electrons. The average molecular weight is 301 g/mol. The van der Waals surface area contributed by atoms with Crippen molar-refractivity contribution < 1.29 is 13.2 Å². The Morgan fingerprint density at radius 3 is 2.90 bits per heavy atom. The molecule has 1 aromatic rings. The highest BCUT2D eigenvalue weighted by Gasteiger charge is 2.33. The van der Waals surface area contributed by atoms with E-state index in [0.717, 1.165) is 0 Å². The Kier molecular flexibility index (Phi) is 4.41. The Balaban J connectivity index is 2.04. The minimum atomic E-state index is -3.26. The maximum Gasteiger partial charge on any atom is 0.221 e. The molecule has 8 nitrogen and oxygen atoms in total. The zero-order chi connectivity index (χ0) is 14.8. The summed E-state index contributed by atoms with van der Waals surface area (Å²) in [4.78, 5) is 7.85. The highest BCUT2D eigenvalue weighted by atomic mass is 32.2. The van der Waals surface area contributed by atoms with E-state index in [1.54, 1.807) is 12.3 Å². The second kappa shape index (κ2) is 5.90. The number of ether oxygens (including phenoxy) is 1. The molecule has 1 saturated heterocycles. The molecule has 1 fully saturated rings. The number of sulfonamides is 1. The van der Waals surface area contributed by atoms with E-state index in [2.05, 4.69) is 15.3 Å². The lowest BCUT2D eigenvalue weighted by Crippen LogP contribution is -2.37. The summed E-state index contributed by atoms with van der Waals surface area (Å²) >= 11 is 0. The molecular formula is C11H19N5O3S. The summed E-state index contributed by atoms with van der Waals surface area (Å²) in [5.74, 6) is 0.656. The number of nitrogens with one attached hydrogen (secondary N) is 1. The van der Waals surface area contributed by atoms with Crippen molar-refractivity contribution in [2.75, 3.05) is 44.1 Å². The number of hydrogen-bond acceptors (Lipinski definition) is 7. The van der Waals surface area contributed by atoms with Gasteiger partial charge in [-0.05, 0) is 6.07 Å². The topological polar surface area (TPSA) is 110 Å². The first-order valence-corrected chi connectivity index (χ1v) is 7.82. The highest BCUT2D eigenvalue weighted by molar-refractivity contribution is 7.89. The molecule has 2 atom stereocenters. The van der Waals surface area contributed by atoms with Gasteiger partial charge in [0.1, 0.15) is 5.82 Å². The molecule has 0 spiro atoms. The first kappa shape index (κ1) is 14.9. The second-order valence-electron chi connectivity index (χ2n) is 4.91. The van der Waals surface area contributed by atoms with Crippen LogP contribution in [0.15, 0.2) is 12.3 Å². The lowest BCUT2D eigenvalue weighted by atomic mass is 10.1. The summed E-state index contributed by atoms with van der Waals surface area (Å²) in [5, 5.41) is 3.15. The smallest absolute Gasteiger partial charge is 0.221 e. The van der Waals surface area contributed by atoms with Crippen molar-refractivity contribution in [3.8, 4) is 0 Å². The molecule has 2 rings (SSSR count). The van der Waals surface area contributed by atoms with Crippen LogP contribution >= 0.6 is 0 Å². The Morgan fingerprint density at radius 2 is 2.25 bits per heavy atom. The molecule has 0 unspecified atom stereocenters. The molecule has 20 heavy (non-hydrogen) atoms. The number of anilines is 2. The van der Waals surface area contributed by atoms with E-state index in [4.69, 9.17) is 10.5 Å². The zero-order valence-electron chi connectivity index (χ0n) is 11.5. The van der Waals surface area contributed by atoms with Gasteiger partial charge in [-0.1, -0.05) is 0 Å². The van der Waals surface area contributed by atoms with Gasteiger partial charge in [-0.15, -0.1) is 0 Å². The van der Waals surface area contributed by atoms with Crippen molar-refractivity contribution in [2.45, 2.75) is 6.04 Å². The third kappa shape index (κ3) is 3.56. The molecule has 0 radical (unpaired) electrons. The van der Waals surface area contributed by atoms with Crippen LogP contribution in [0.2, 0.25) is 0 Å². The predicted octanol–water partition coefficient (Wildman–Crippen LogP) is -0.623. The number of rotatable bonds is 5. The fourth-order valence-corrected chi connectivity index (χ4v) is 3.15. The minimum absolute atomic E-state index is 0.0399. The van der Waals surface area contributed by atoms with Crippen LogP contribution in [0.5, 0.6) is 0 Å². The van der Waals surface area contributed by atoms with Crippen LogP contribution in [0.3, 0.4) is 0 Å². The number of hydrogen-bond donors (Lipinski definition) is 2. The maximum atomic E-state index is 11.9. The van der Waals surface area contributed by atoms with Crippen molar-refractivity contribution in [3.63, 3.8) is 0 Å². The van der Waals surface area contributed by atoms with Crippen molar-refractivity contribution in [1.82, 2.24) is 14.3 Å². The number of nitrogens with zero attached hydrogens (tertiary/aromatic N) is 3. The Labute approximate surface area is 118 Å². The molecule has 0 bridgehead atoms. The lowest BCUT2D eigenvalue weighted by Gasteiger charge is -2.21. The first-order chi connectivity index (χ1) is 9.38. The molecule has 0 aliphatic carbocycles. The SMILES string of the molecule is CN(C)S(=O)(=O)C[C@@H]1COC[C@H]1Nc1ccnc(N)n1. The van der Waals surface area contributed by atoms with Gasteiger partial charge in [-0.2, -0.15) is 4.98 Å². The van der Waals surface area contributed by atoms with Gasteiger partial charge in [-0.25, -0.2) is 17.7 Å². The average Bonchev–Trinajstić information content (AvgIpc) is 2.75. The van der Waals surface area contributed by atoms with Crippen molar-refractivity contribution in [1.29, 1.82) is 0 Å². The summed E-state index contributed by atoms with van der Waals surface area (Å²) in [5.41, 5.74) is 5.51. The van der Waals surface area contributed by atoms with Gasteiger partial charge in [-0.3, -0.25) is 0 Å². The van der Waals surface area contributed by atoms with Crippen LogP contribution in [-0.4, -0.2) is 61.8 Å². The maximum absolute atomic E-state index is 11.9. The number of nitrogen functional groups attached to an aromatic ring is 1. The van der Waals surface area contributed by atoms with E-state index in [-0.39, 0.29) is 23.7 Å². The van der Waals surface area contributed by atoms with Gasteiger partial charge in [0.05, 0.1) is 25.0 Å². The quantitative estimate of drug-likeness (QED) is 0.745. The number of nitrogens with two attached hydrogens (primary N) is 1. The lowest BCUT2D eigenvalue weighted by molar-refractivity contribution is 0.187. The normalized spacial score (nSPS) is 23.1. The first-order valence-electron chi connectivity index (χ1n) is 6.21. The predicted molar refractivity (Wildman–Crippen MR) is 75.6 cm³/mol. The molecule has 0 amide bonds. The van der Waals surface area contributed by atoms with Crippen LogP contribution in [0.1, 0.15) is 0 Å². The van der Waals surface area contributed by atoms with E-state index in [0.29, 0.717) is 19.0 Å². The zero-order valence-corrected chi connectivity index (χ0v) is 12.3. The fourth-order valence-electron chi connectivity index (χ4n) is 1.99. The molecule has 0 saturated carbocycles. The van der Waals surface area contributed by atoms with E-state index in [9.17, 15) is 8.42 Å². The molecule has 1 aromatic heterocycles. The number of aromatic nitrogens is 2. The van der Waals surface area contributed by atoms with Crippen LogP contribution in [0, 0.1) is 5.92 Å². The fraction of sp³-hybridized carbons (Fsp3) is 0.636.